The molecule has 3 N–H and O–H groups in total. The first-order valence-electron chi connectivity index (χ1n) is 10.3. The highest BCUT2D eigenvalue weighted by Crippen LogP contribution is 2.22. The van der Waals surface area contributed by atoms with Gasteiger partial charge in [0.1, 0.15) is 18.5 Å². The van der Waals surface area contributed by atoms with Gasteiger partial charge in [-0.05, 0) is 35.6 Å². The molecular formula is C25H28N2O4. The summed E-state index contributed by atoms with van der Waals surface area (Å²) in [5.41, 5.74) is 4.23. The van der Waals surface area contributed by atoms with Crippen LogP contribution in [0, 0.1) is 0 Å². The molecule has 2 atom stereocenters. The molecule has 0 amide bonds. The number of aryl methyl sites for hydroxylation is 1. The van der Waals surface area contributed by atoms with Gasteiger partial charge >= 0.3 is 0 Å². The summed E-state index contributed by atoms with van der Waals surface area (Å²) in [6, 6.07) is 15.9. The number of aromatic nitrogens is 2. The van der Waals surface area contributed by atoms with Gasteiger partial charge in [-0.1, -0.05) is 60.7 Å². The first-order chi connectivity index (χ1) is 15.0. The number of carbonyl (C=O) groups is 1. The second-order valence-electron chi connectivity index (χ2n) is 7.49. The summed E-state index contributed by atoms with van der Waals surface area (Å²) in [7, 11) is 0. The molecule has 0 fully saturated rings. The summed E-state index contributed by atoms with van der Waals surface area (Å²) in [6.07, 6.45) is 7.47. The number of aliphatic hydroxyl groups is 3. The van der Waals surface area contributed by atoms with E-state index in [1.807, 2.05) is 60.7 Å². The zero-order valence-electron chi connectivity index (χ0n) is 17.6. The van der Waals surface area contributed by atoms with Crippen molar-refractivity contribution in [1.29, 1.82) is 0 Å². The fourth-order valence-corrected chi connectivity index (χ4v) is 3.41. The van der Waals surface area contributed by atoms with Crippen LogP contribution in [0.25, 0.3) is 17.2 Å². The Hall–Kier alpha value is -3.06. The number of aliphatic hydroxyl groups excluding tert-OH is 3. The van der Waals surface area contributed by atoms with E-state index in [1.165, 1.54) is 0 Å². The summed E-state index contributed by atoms with van der Waals surface area (Å²) in [4.78, 5) is 15.4. The molecule has 0 radical (unpaired) electrons. The number of rotatable bonds is 10. The second kappa shape index (κ2) is 10.8. The Bertz CT molecular complexity index is 1000. The van der Waals surface area contributed by atoms with Crippen molar-refractivity contribution in [3.05, 3.63) is 84.0 Å². The van der Waals surface area contributed by atoms with Crippen molar-refractivity contribution < 1.29 is 20.1 Å². The van der Waals surface area contributed by atoms with E-state index in [0.717, 1.165) is 22.3 Å². The maximum absolute atomic E-state index is 11.2. The van der Waals surface area contributed by atoms with Crippen molar-refractivity contribution in [2.24, 2.45) is 0 Å². The van der Waals surface area contributed by atoms with Crippen LogP contribution in [0.2, 0.25) is 0 Å². The lowest BCUT2D eigenvalue weighted by Gasteiger charge is -2.16. The topological polar surface area (TPSA) is 95.6 Å². The smallest absolute Gasteiger partial charge is 0.158 e. The summed E-state index contributed by atoms with van der Waals surface area (Å²) in [5.74, 6) is 0.370. The minimum atomic E-state index is -0.710. The molecule has 6 nitrogen and oxygen atoms in total. The van der Waals surface area contributed by atoms with Crippen LogP contribution >= 0.6 is 0 Å². The summed E-state index contributed by atoms with van der Waals surface area (Å²) in [5, 5.41) is 28.4. The molecule has 0 saturated heterocycles. The summed E-state index contributed by atoms with van der Waals surface area (Å²) in [6.45, 7) is 1.15. The molecule has 0 spiro atoms. The average Bonchev–Trinajstić information content (AvgIpc) is 3.29. The number of ketones is 1. The molecular weight excluding hydrogens is 392 g/mol. The Balaban J connectivity index is 1.67. The fourth-order valence-electron chi connectivity index (χ4n) is 3.41. The quantitative estimate of drug-likeness (QED) is 0.468. The predicted molar refractivity (Wildman–Crippen MR) is 120 cm³/mol. The Labute approximate surface area is 182 Å². The number of nitrogens with zero attached hydrogens (tertiary/aromatic N) is 2. The monoisotopic (exact) mass is 420 g/mol. The van der Waals surface area contributed by atoms with E-state index in [1.54, 1.807) is 23.9 Å². The van der Waals surface area contributed by atoms with E-state index >= 15 is 0 Å². The Morgan fingerprint density at radius 3 is 2.29 bits per heavy atom. The van der Waals surface area contributed by atoms with Crippen LogP contribution in [0.4, 0.5) is 0 Å². The zero-order valence-corrected chi connectivity index (χ0v) is 17.6. The third kappa shape index (κ3) is 5.98. The van der Waals surface area contributed by atoms with Crippen molar-refractivity contribution in [3.8, 4) is 11.1 Å². The number of hydrogen-bond acceptors (Lipinski definition) is 5. The number of imidazole rings is 1. The van der Waals surface area contributed by atoms with Crippen LogP contribution in [0.3, 0.4) is 0 Å². The minimum absolute atomic E-state index is 0.0963. The van der Waals surface area contributed by atoms with Crippen molar-refractivity contribution in [2.45, 2.75) is 31.9 Å². The molecule has 3 rings (SSSR count). The van der Waals surface area contributed by atoms with Crippen LogP contribution in [0.5, 0.6) is 0 Å². The second-order valence-corrected chi connectivity index (χ2v) is 7.49. The lowest BCUT2D eigenvalue weighted by atomic mass is 10.0. The zero-order chi connectivity index (χ0) is 22.2. The standard InChI is InChI=1S/C25H28N2O4/c1-18(30)25-26-14-15-27(25)23(16-28)12-6-19-2-8-21(9-3-19)22-10-4-20(5-11-22)7-13-24(31)17-29/h2-6,8-12,14-15,18,23,28-30H,7,13,16-17H2,1H3/b12-6+. The minimum Gasteiger partial charge on any atom is -0.394 e. The maximum atomic E-state index is 11.2. The SMILES string of the molecule is CC(O)c1nccn1C(/C=C/c1ccc(-c2ccc(CCC(=O)CO)cc2)cc1)CO. The van der Waals surface area contributed by atoms with Gasteiger partial charge in [-0.3, -0.25) is 4.79 Å². The van der Waals surface area contributed by atoms with E-state index in [-0.39, 0.29) is 18.4 Å². The third-order valence-corrected chi connectivity index (χ3v) is 5.19. The highest BCUT2D eigenvalue weighted by Gasteiger charge is 2.14. The molecule has 1 heterocycles. The molecule has 0 aliphatic heterocycles. The first-order valence-corrected chi connectivity index (χ1v) is 10.3. The number of carbonyl (C=O) groups excluding carboxylic acids is 1. The van der Waals surface area contributed by atoms with Gasteiger partial charge in [0.2, 0.25) is 0 Å². The van der Waals surface area contributed by atoms with Crippen LogP contribution in [0.1, 0.15) is 42.4 Å². The Morgan fingerprint density at radius 2 is 1.71 bits per heavy atom. The molecule has 6 heteroatoms. The van der Waals surface area contributed by atoms with Crippen molar-refractivity contribution >= 4 is 11.9 Å². The van der Waals surface area contributed by atoms with Crippen LogP contribution in [0.15, 0.2) is 67.0 Å². The molecule has 162 valence electrons. The predicted octanol–water partition coefficient (Wildman–Crippen LogP) is 3.34. The molecule has 31 heavy (non-hydrogen) atoms. The van der Waals surface area contributed by atoms with Gasteiger partial charge in [0.05, 0.1) is 12.6 Å². The van der Waals surface area contributed by atoms with Crippen LogP contribution < -0.4 is 0 Å². The Morgan fingerprint density at radius 1 is 1.06 bits per heavy atom. The van der Waals surface area contributed by atoms with E-state index in [0.29, 0.717) is 18.7 Å². The van der Waals surface area contributed by atoms with Crippen LogP contribution in [-0.2, 0) is 11.2 Å². The Kier molecular flexibility index (Phi) is 7.89. The number of benzene rings is 2. The average molecular weight is 421 g/mol. The lowest BCUT2D eigenvalue weighted by molar-refractivity contribution is -0.121. The number of hydrogen-bond donors (Lipinski definition) is 3. The molecule has 1 aromatic heterocycles. The van der Waals surface area contributed by atoms with Crippen molar-refractivity contribution in [2.75, 3.05) is 13.2 Å². The van der Waals surface area contributed by atoms with Crippen molar-refractivity contribution in [1.82, 2.24) is 9.55 Å². The molecule has 3 aromatic rings. The van der Waals surface area contributed by atoms with Gasteiger partial charge in [0.25, 0.3) is 0 Å². The van der Waals surface area contributed by atoms with E-state index < -0.39 is 12.7 Å². The molecule has 0 aliphatic carbocycles. The molecule has 2 unspecified atom stereocenters. The van der Waals surface area contributed by atoms with E-state index in [2.05, 4.69) is 4.98 Å². The van der Waals surface area contributed by atoms with Gasteiger partial charge in [0, 0.05) is 18.8 Å². The van der Waals surface area contributed by atoms with Gasteiger partial charge < -0.3 is 19.9 Å². The largest absolute Gasteiger partial charge is 0.394 e. The first kappa shape index (κ1) is 22.6. The molecule has 0 bridgehead atoms. The molecule has 2 aromatic carbocycles. The molecule has 0 aliphatic rings. The van der Waals surface area contributed by atoms with Crippen molar-refractivity contribution in [3.63, 3.8) is 0 Å². The fraction of sp³-hybridized carbons (Fsp3) is 0.280. The van der Waals surface area contributed by atoms with Crippen LogP contribution in [-0.4, -0.2) is 43.9 Å². The molecule has 0 saturated carbocycles. The van der Waals surface area contributed by atoms with E-state index in [9.17, 15) is 15.0 Å². The number of Topliss-reactive ketones (excluding diaryl/α,β-unsaturated/α-hetero) is 1. The third-order valence-electron chi connectivity index (χ3n) is 5.19. The van der Waals surface area contributed by atoms with Gasteiger partial charge in [-0.25, -0.2) is 4.98 Å². The summed E-state index contributed by atoms with van der Waals surface area (Å²) < 4.78 is 1.77. The normalized spacial score (nSPS) is 13.4. The maximum Gasteiger partial charge on any atom is 0.158 e. The van der Waals surface area contributed by atoms with Gasteiger partial charge in [-0.15, -0.1) is 0 Å². The van der Waals surface area contributed by atoms with E-state index in [4.69, 9.17) is 5.11 Å². The van der Waals surface area contributed by atoms with Gasteiger partial charge in [-0.2, -0.15) is 0 Å². The summed E-state index contributed by atoms with van der Waals surface area (Å²) >= 11 is 0. The van der Waals surface area contributed by atoms with Gasteiger partial charge in [0.15, 0.2) is 5.78 Å². The highest BCUT2D eigenvalue weighted by atomic mass is 16.3. The highest BCUT2D eigenvalue weighted by molar-refractivity contribution is 5.79. The lowest BCUT2D eigenvalue weighted by Crippen LogP contribution is -2.14.